The van der Waals surface area contributed by atoms with E-state index >= 15 is 0 Å². The maximum Gasteiger partial charge on any atom is 0.325 e. The molecule has 0 bridgehead atoms. The number of benzene rings is 2. The second kappa shape index (κ2) is 10.3. The van der Waals surface area contributed by atoms with Crippen LogP contribution in [0.3, 0.4) is 0 Å². The van der Waals surface area contributed by atoms with Crippen molar-refractivity contribution >= 4 is 40.6 Å². The van der Waals surface area contributed by atoms with Gasteiger partial charge in [-0.05, 0) is 41.8 Å². The molecule has 0 unspecified atom stereocenters. The van der Waals surface area contributed by atoms with Gasteiger partial charge in [0.15, 0.2) is 0 Å². The molecule has 146 valence electrons. The summed E-state index contributed by atoms with van der Waals surface area (Å²) in [4.78, 5) is 35.0. The number of hydrogen-bond acceptors (Lipinski definition) is 4. The molecule has 2 N–H and O–H groups in total. The van der Waals surface area contributed by atoms with Gasteiger partial charge in [0.1, 0.15) is 6.54 Å². The standard InChI is InChI=1S/C21H21ClN2O4/c1-14(17-5-3-4-6-18(17)22)11-20(26)24-16-9-7-15(8-10-16)12-19(25)23-13-21(27)28-2/h3-11H,12-13H2,1-2H3,(H,23,25)(H,24,26)/b14-11-. The highest BCUT2D eigenvalue weighted by atomic mass is 35.5. The number of ether oxygens (including phenoxy) is 1. The Morgan fingerprint density at radius 1 is 1.07 bits per heavy atom. The van der Waals surface area contributed by atoms with E-state index in [0.717, 1.165) is 16.7 Å². The number of esters is 1. The highest BCUT2D eigenvalue weighted by Crippen LogP contribution is 2.23. The molecule has 2 amide bonds. The Morgan fingerprint density at radius 3 is 2.39 bits per heavy atom. The van der Waals surface area contributed by atoms with Gasteiger partial charge in [-0.3, -0.25) is 14.4 Å². The fourth-order valence-electron chi connectivity index (χ4n) is 2.43. The monoisotopic (exact) mass is 400 g/mol. The molecule has 0 aromatic heterocycles. The zero-order valence-corrected chi connectivity index (χ0v) is 16.4. The normalized spacial score (nSPS) is 10.9. The molecule has 0 aliphatic carbocycles. The number of methoxy groups -OCH3 is 1. The van der Waals surface area contributed by atoms with Crippen LogP contribution in [-0.2, 0) is 25.5 Å². The van der Waals surface area contributed by atoms with Crippen LogP contribution in [0.2, 0.25) is 5.02 Å². The van der Waals surface area contributed by atoms with Gasteiger partial charge >= 0.3 is 5.97 Å². The number of rotatable bonds is 7. The molecule has 0 saturated heterocycles. The van der Waals surface area contributed by atoms with Gasteiger partial charge in [0.05, 0.1) is 13.5 Å². The number of allylic oxidation sites excluding steroid dienone is 1. The predicted molar refractivity (Wildman–Crippen MR) is 109 cm³/mol. The van der Waals surface area contributed by atoms with Gasteiger partial charge in [0.25, 0.3) is 0 Å². The molecule has 2 rings (SSSR count). The van der Waals surface area contributed by atoms with Crippen LogP contribution < -0.4 is 10.6 Å². The minimum absolute atomic E-state index is 0.122. The van der Waals surface area contributed by atoms with Gasteiger partial charge in [0.2, 0.25) is 11.8 Å². The average molecular weight is 401 g/mol. The topological polar surface area (TPSA) is 84.5 Å². The Hall–Kier alpha value is -3.12. The first kappa shape index (κ1) is 21.2. The highest BCUT2D eigenvalue weighted by molar-refractivity contribution is 6.32. The van der Waals surface area contributed by atoms with E-state index in [1.807, 2.05) is 25.1 Å². The largest absolute Gasteiger partial charge is 0.468 e. The summed E-state index contributed by atoms with van der Waals surface area (Å²) in [5, 5.41) is 5.82. The quantitative estimate of drug-likeness (QED) is 0.552. The van der Waals surface area contributed by atoms with E-state index in [1.165, 1.54) is 13.2 Å². The van der Waals surface area contributed by atoms with Crippen molar-refractivity contribution < 1.29 is 19.1 Å². The number of carbonyl (C=O) groups is 3. The van der Waals surface area contributed by atoms with Crippen molar-refractivity contribution in [3.05, 3.63) is 70.8 Å². The second-order valence-electron chi connectivity index (χ2n) is 6.02. The molecule has 2 aromatic rings. The van der Waals surface area contributed by atoms with Crippen LogP contribution in [0.5, 0.6) is 0 Å². The third-order valence-corrected chi connectivity index (χ3v) is 4.22. The third kappa shape index (κ3) is 6.55. The molecular formula is C21H21ClN2O4. The van der Waals surface area contributed by atoms with Gasteiger partial charge < -0.3 is 15.4 Å². The predicted octanol–water partition coefficient (Wildman–Crippen LogP) is 3.21. The third-order valence-electron chi connectivity index (χ3n) is 3.89. The van der Waals surface area contributed by atoms with Gasteiger partial charge in [-0.1, -0.05) is 41.9 Å². The Labute approximate surface area is 168 Å². The second-order valence-corrected chi connectivity index (χ2v) is 6.43. The van der Waals surface area contributed by atoms with Crippen molar-refractivity contribution in [2.75, 3.05) is 19.0 Å². The summed E-state index contributed by atoms with van der Waals surface area (Å²) in [5.74, 6) is -1.08. The molecule has 0 fully saturated rings. The maximum absolute atomic E-state index is 12.2. The van der Waals surface area contributed by atoms with Crippen molar-refractivity contribution in [2.24, 2.45) is 0 Å². The molecule has 0 heterocycles. The summed E-state index contributed by atoms with van der Waals surface area (Å²) in [6.45, 7) is 1.65. The van der Waals surface area contributed by atoms with Crippen molar-refractivity contribution in [3.8, 4) is 0 Å². The van der Waals surface area contributed by atoms with Crippen molar-refractivity contribution in [2.45, 2.75) is 13.3 Å². The summed E-state index contributed by atoms with van der Waals surface area (Å²) in [6.07, 6.45) is 1.60. The van der Waals surface area contributed by atoms with Crippen LogP contribution >= 0.6 is 11.6 Å². The summed E-state index contributed by atoms with van der Waals surface area (Å²) in [7, 11) is 1.26. The van der Waals surface area contributed by atoms with Crippen molar-refractivity contribution in [1.82, 2.24) is 5.32 Å². The Bertz CT molecular complexity index is 892. The zero-order valence-electron chi connectivity index (χ0n) is 15.6. The molecule has 0 aliphatic heterocycles. The smallest absolute Gasteiger partial charge is 0.325 e. The molecule has 0 radical (unpaired) electrons. The lowest BCUT2D eigenvalue weighted by molar-refractivity contribution is -0.141. The molecule has 28 heavy (non-hydrogen) atoms. The molecule has 0 spiro atoms. The van der Waals surface area contributed by atoms with E-state index in [2.05, 4.69) is 15.4 Å². The summed E-state index contributed by atoms with van der Waals surface area (Å²) < 4.78 is 4.46. The van der Waals surface area contributed by atoms with E-state index < -0.39 is 5.97 Å². The maximum atomic E-state index is 12.2. The molecule has 0 atom stereocenters. The molecule has 2 aromatic carbocycles. The molecule has 0 aliphatic rings. The number of amides is 2. The SMILES string of the molecule is COC(=O)CNC(=O)Cc1ccc(NC(=O)/C=C(/C)c2ccccc2Cl)cc1. The summed E-state index contributed by atoms with van der Waals surface area (Å²) >= 11 is 6.14. The van der Waals surface area contributed by atoms with E-state index in [4.69, 9.17) is 11.6 Å². The van der Waals surface area contributed by atoms with Crippen molar-refractivity contribution in [3.63, 3.8) is 0 Å². The van der Waals surface area contributed by atoms with Crippen LogP contribution in [0, 0.1) is 0 Å². The van der Waals surface area contributed by atoms with Crippen LogP contribution in [0.15, 0.2) is 54.6 Å². The first-order valence-corrected chi connectivity index (χ1v) is 8.93. The summed E-state index contributed by atoms with van der Waals surface area (Å²) in [5.41, 5.74) is 2.91. The number of halogens is 1. The van der Waals surface area contributed by atoms with E-state index in [9.17, 15) is 14.4 Å². The lowest BCUT2D eigenvalue weighted by Crippen LogP contribution is -2.31. The first-order valence-electron chi connectivity index (χ1n) is 8.55. The fraction of sp³-hybridized carbons (Fsp3) is 0.190. The summed E-state index contributed by atoms with van der Waals surface area (Å²) in [6, 6.07) is 14.2. The number of nitrogens with one attached hydrogen (secondary N) is 2. The van der Waals surface area contributed by atoms with Crippen molar-refractivity contribution in [1.29, 1.82) is 0 Å². The molecule has 0 saturated carbocycles. The fourth-order valence-corrected chi connectivity index (χ4v) is 2.72. The molecule has 7 heteroatoms. The van der Waals surface area contributed by atoms with Crippen LogP contribution in [0.4, 0.5) is 5.69 Å². The minimum Gasteiger partial charge on any atom is -0.468 e. The van der Waals surface area contributed by atoms with Gasteiger partial charge in [-0.25, -0.2) is 0 Å². The number of hydrogen-bond donors (Lipinski definition) is 2. The Kier molecular flexibility index (Phi) is 7.77. The van der Waals surface area contributed by atoms with Crippen LogP contribution in [-0.4, -0.2) is 31.4 Å². The number of carbonyl (C=O) groups excluding carboxylic acids is 3. The number of anilines is 1. The molecule has 6 nitrogen and oxygen atoms in total. The first-order chi connectivity index (χ1) is 13.4. The van der Waals surface area contributed by atoms with E-state index in [-0.39, 0.29) is 24.8 Å². The van der Waals surface area contributed by atoms with E-state index in [0.29, 0.717) is 10.7 Å². The molecular weight excluding hydrogens is 380 g/mol. The Morgan fingerprint density at radius 2 is 1.75 bits per heavy atom. The van der Waals surface area contributed by atoms with Gasteiger partial charge in [-0.15, -0.1) is 0 Å². The highest BCUT2D eigenvalue weighted by Gasteiger charge is 2.08. The van der Waals surface area contributed by atoms with Crippen LogP contribution in [0.25, 0.3) is 5.57 Å². The average Bonchev–Trinajstić information content (AvgIpc) is 2.67. The lowest BCUT2D eigenvalue weighted by atomic mass is 10.1. The van der Waals surface area contributed by atoms with Gasteiger partial charge in [0, 0.05) is 16.8 Å². The van der Waals surface area contributed by atoms with E-state index in [1.54, 1.807) is 30.3 Å². The lowest BCUT2D eigenvalue weighted by Gasteiger charge is -2.07. The minimum atomic E-state index is -0.508. The van der Waals surface area contributed by atoms with Crippen LogP contribution in [0.1, 0.15) is 18.1 Å². The zero-order chi connectivity index (χ0) is 20.5. The Balaban J connectivity index is 1.92. The van der Waals surface area contributed by atoms with Gasteiger partial charge in [-0.2, -0.15) is 0 Å².